The molecule has 0 aliphatic carbocycles. The molecule has 1 aromatic rings. The lowest BCUT2D eigenvalue weighted by Gasteiger charge is -2.22. The molecule has 1 atom stereocenters. The van der Waals surface area contributed by atoms with E-state index in [1.54, 1.807) is 0 Å². The van der Waals surface area contributed by atoms with Gasteiger partial charge in [-0.05, 0) is 19.1 Å². The molecule has 1 fully saturated rings. The predicted octanol–water partition coefficient (Wildman–Crippen LogP) is 0.446. The number of nitrogens with one attached hydrogen (secondary N) is 1. The molecule has 0 radical (unpaired) electrons. The molecule has 0 amide bonds. The number of nitrogens with zero attached hydrogens (tertiary/aromatic N) is 2. The highest BCUT2D eigenvalue weighted by Crippen LogP contribution is 2.11. The van der Waals surface area contributed by atoms with Gasteiger partial charge in [0, 0.05) is 6.54 Å². The molecule has 1 saturated heterocycles. The monoisotopic (exact) mass is 179 g/mol. The van der Waals surface area contributed by atoms with Gasteiger partial charge in [-0.3, -0.25) is 0 Å². The van der Waals surface area contributed by atoms with Crippen LogP contribution < -0.4 is 5.32 Å². The molecular formula is C9H13N3O. The number of ether oxygens (including phenoxy) is 1. The first-order valence-electron chi connectivity index (χ1n) is 4.47. The maximum absolute atomic E-state index is 5.34. The minimum atomic E-state index is 0.210. The fraction of sp³-hybridized carbons (Fsp3) is 0.556. The minimum absolute atomic E-state index is 0.210. The first-order chi connectivity index (χ1) is 6.36. The highest BCUT2D eigenvalue weighted by Gasteiger charge is 2.16. The first kappa shape index (κ1) is 8.59. The molecule has 0 spiro atoms. The van der Waals surface area contributed by atoms with Crippen LogP contribution in [0.4, 0.5) is 0 Å². The third-order valence-electron chi connectivity index (χ3n) is 2.10. The first-order valence-corrected chi connectivity index (χ1v) is 4.47. The smallest absolute Gasteiger partial charge is 0.0824 e. The van der Waals surface area contributed by atoms with Crippen LogP contribution in [-0.4, -0.2) is 30.0 Å². The Morgan fingerprint density at radius 2 is 2.38 bits per heavy atom. The van der Waals surface area contributed by atoms with E-state index in [0.29, 0.717) is 6.61 Å². The molecule has 2 heterocycles. The topological polar surface area (TPSA) is 47.0 Å². The van der Waals surface area contributed by atoms with Crippen molar-refractivity contribution in [1.82, 2.24) is 15.5 Å². The summed E-state index contributed by atoms with van der Waals surface area (Å²) in [5, 5.41) is 11.4. The zero-order chi connectivity index (χ0) is 9.10. The molecule has 2 rings (SSSR count). The lowest BCUT2D eigenvalue weighted by Crippen LogP contribution is -2.35. The van der Waals surface area contributed by atoms with Crippen LogP contribution in [0.1, 0.15) is 17.4 Å². The van der Waals surface area contributed by atoms with Gasteiger partial charge in [0.15, 0.2) is 0 Å². The summed E-state index contributed by atoms with van der Waals surface area (Å²) in [6.45, 7) is 4.30. The molecule has 0 aromatic carbocycles. The van der Waals surface area contributed by atoms with Crippen LogP contribution in [0, 0.1) is 6.92 Å². The van der Waals surface area contributed by atoms with Gasteiger partial charge in [0.25, 0.3) is 0 Å². The van der Waals surface area contributed by atoms with Crippen molar-refractivity contribution in [3.63, 3.8) is 0 Å². The van der Waals surface area contributed by atoms with Gasteiger partial charge >= 0.3 is 0 Å². The number of morpholine rings is 1. The van der Waals surface area contributed by atoms with E-state index >= 15 is 0 Å². The lowest BCUT2D eigenvalue weighted by atomic mass is 10.2. The summed E-state index contributed by atoms with van der Waals surface area (Å²) >= 11 is 0. The van der Waals surface area contributed by atoms with Crippen LogP contribution >= 0.6 is 0 Å². The maximum atomic E-state index is 5.34. The Bertz CT molecular complexity index is 267. The van der Waals surface area contributed by atoms with Crippen molar-refractivity contribution in [2.75, 3.05) is 19.8 Å². The molecule has 1 aliphatic heterocycles. The van der Waals surface area contributed by atoms with Crippen LogP contribution in [0.25, 0.3) is 0 Å². The molecule has 13 heavy (non-hydrogen) atoms. The van der Waals surface area contributed by atoms with E-state index in [-0.39, 0.29) is 6.04 Å². The van der Waals surface area contributed by atoms with E-state index in [0.717, 1.165) is 24.5 Å². The number of rotatable bonds is 1. The van der Waals surface area contributed by atoms with Gasteiger partial charge in [0.1, 0.15) is 0 Å². The second kappa shape index (κ2) is 3.81. The molecule has 70 valence electrons. The zero-order valence-electron chi connectivity index (χ0n) is 7.66. The largest absolute Gasteiger partial charge is 0.378 e. The molecule has 1 aromatic heterocycles. The Labute approximate surface area is 77.3 Å². The summed E-state index contributed by atoms with van der Waals surface area (Å²) in [6, 6.07) is 4.18. The molecule has 1 N–H and O–H groups in total. The average molecular weight is 179 g/mol. The van der Waals surface area contributed by atoms with Gasteiger partial charge in [-0.1, -0.05) is 0 Å². The Kier molecular flexibility index (Phi) is 2.52. The molecule has 1 unspecified atom stereocenters. The molecule has 0 saturated carbocycles. The van der Waals surface area contributed by atoms with Crippen molar-refractivity contribution in [1.29, 1.82) is 0 Å². The third kappa shape index (κ3) is 2.02. The van der Waals surface area contributed by atoms with E-state index in [9.17, 15) is 0 Å². The van der Waals surface area contributed by atoms with E-state index in [1.165, 1.54) is 0 Å². The van der Waals surface area contributed by atoms with Gasteiger partial charge in [-0.2, -0.15) is 10.2 Å². The average Bonchev–Trinajstić information content (AvgIpc) is 2.20. The van der Waals surface area contributed by atoms with Gasteiger partial charge in [0.05, 0.1) is 30.6 Å². The van der Waals surface area contributed by atoms with Crippen LogP contribution in [0.15, 0.2) is 12.1 Å². The lowest BCUT2D eigenvalue weighted by molar-refractivity contribution is 0.0753. The van der Waals surface area contributed by atoms with E-state index in [1.807, 2.05) is 19.1 Å². The number of hydrogen-bond acceptors (Lipinski definition) is 4. The summed E-state index contributed by atoms with van der Waals surface area (Å²) in [6.07, 6.45) is 0. The fourth-order valence-corrected chi connectivity index (χ4v) is 1.35. The molecule has 4 heteroatoms. The van der Waals surface area contributed by atoms with Crippen molar-refractivity contribution < 1.29 is 4.74 Å². The van der Waals surface area contributed by atoms with Gasteiger partial charge in [-0.15, -0.1) is 0 Å². The van der Waals surface area contributed by atoms with E-state index < -0.39 is 0 Å². The molecule has 0 bridgehead atoms. The Balaban J connectivity index is 2.10. The van der Waals surface area contributed by atoms with Crippen LogP contribution in [0.3, 0.4) is 0 Å². The quantitative estimate of drug-likeness (QED) is 0.679. The van der Waals surface area contributed by atoms with E-state index in [4.69, 9.17) is 4.74 Å². The summed E-state index contributed by atoms with van der Waals surface area (Å²) in [7, 11) is 0. The number of hydrogen-bond donors (Lipinski definition) is 1. The Morgan fingerprint density at radius 1 is 1.46 bits per heavy atom. The third-order valence-corrected chi connectivity index (χ3v) is 2.10. The van der Waals surface area contributed by atoms with Crippen LogP contribution in [0.5, 0.6) is 0 Å². The molecular weight excluding hydrogens is 166 g/mol. The van der Waals surface area contributed by atoms with Crippen LogP contribution in [0.2, 0.25) is 0 Å². The van der Waals surface area contributed by atoms with Gasteiger partial charge in [0.2, 0.25) is 0 Å². The van der Waals surface area contributed by atoms with Gasteiger partial charge in [-0.25, -0.2) is 0 Å². The number of aromatic nitrogens is 2. The van der Waals surface area contributed by atoms with Crippen molar-refractivity contribution in [3.8, 4) is 0 Å². The SMILES string of the molecule is Cc1ccc(C2COCCN2)nn1. The van der Waals surface area contributed by atoms with Crippen molar-refractivity contribution in [3.05, 3.63) is 23.5 Å². The zero-order valence-corrected chi connectivity index (χ0v) is 7.66. The standard InChI is InChI=1S/C9H13N3O/c1-7-2-3-8(12-11-7)9-6-13-5-4-10-9/h2-3,9-10H,4-6H2,1H3. The minimum Gasteiger partial charge on any atom is -0.378 e. The maximum Gasteiger partial charge on any atom is 0.0824 e. The highest BCUT2D eigenvalue weighted by molar-refractivity contribution is 5.09. The normalized spacial score (nSPS) is 23.0. The summed E-state index contributed by atoms with van der Waals surface area (Å²) in [5.74, 6) is 0. The van der Waals surface area contributed by atoms with Crippen LogP contribution in [-0.2, 0) is 4.74 Å². The second-order valence-corrected chi connectivity index (χ2v) is 3.18. The Hall–Kier alpha value is -1.00. The van der Waals surface area contributed by atoms with E-state index in [2.05, 4.69) is 15.5 Å². The summed E-state index contributed by atoms with van der Waals surface area (Å²) in [5.41, 5.74) is 1.91. The highest BCUT2D eigenvalue weighted by atomic mass is 16.5. The van der Waals surface area contributed by atoms with Crippen molar-refractivity contribution in [2.24, 2.45) is 0 Å². The van der Waals surface area contributed by atoms with Crippen molar-refractivity contribution >= 4 is 0 Å². The predicted molar refractivity (Wildman–Crippen MR) is 48.3 cm³/mol. The number of aryl methyl sites for hydroxylation is 1. The second-order valence-electron chi connectivity index (χ2n) is 3.18. The molecule has 4 nitrogen and oxygen atoms in total. The summed E-state index contributed by atoms with van der Waals surface area (Å²) in [4.78, 5) is 0. The molecule has 1 aliphatic rings. The summed E-state index contributed by atoms with van der Waals surface area (Å²) < 4.78 is 5.34. The Morgan fingerprint density at radius 3 is 3.00 bits per heavy atom. The fourth-order valence-electron chi connectivity index (χ4n) is 1.35. The van der Waals surface area contributed by atoms with Crippen molar-refractivity contribution in [2.45, 2.75) is 13.0 Å². The van der Waals surface area contributed by atoms with Gasteiger partial charge < -0.3 is 10.1 Å².